The molecule has 1 aromatic heterocycles. The van der Waals surface area contributed by atoms with Gasteiger partial charge in [-0.3, -0.25) is 0 Å². The molecule has 3 atom stereocenters. The third-order valence-electron chi connectivity index (χ3n) is 5.42. The molecular weight excluding hydrogens is 367 g/mol. The fraction of sp³-hybridized carbons (Fsp3) is 0.500. The first-order valence-corrected chi connectivity index (χ1v) is 11.0. The van der Waals surface area contributed by atoms with Gasteiger partial charge in [-0.15, -0.1) is 0 Å². The van der Waals surface area contributed by atoms with Crippen LogP contribution in [0.3, 0.4) is 0 Å². The van der Waals surface area contributed by atoms with E-state index in [0.717, 1.165) is 43.1 Å². The number of halogens is 1. The minimum atomic E-state index is -3.37. The van der Waals surface area contributed by atoms with Gasteiger partial charge < -0.3 is 4.74 Å². The van der Waals surface area contributed by atoms with Gasteiger partial charge in [0.1, 0.15) is 0 Å². The first-order chi connectivity index (χ1) is 12.8. The lowest BCUT2D eigenvalue weighted by atomic mass is 9.88. The number of hydrogen-bond donors (Lipinski definition) is 0. The molecule has 5 nitrogen and oxygen atoms in total. The van der Waals surface area contributed by atoms with Crippen molar-refractivity contribution in [2.45, 2.75) is 49.6 Å². The zero-order chi connectivity index (χ0) is 19.6. The fourth-order valence-electron chi connectivity index (χ4n) is 3.94. The third-order valence-corrected chi connectivity index (χ3v) is 6.30. The van der Waals surface area contributed by atoms with Crippen LogP contribution in [0.15, 0.2) is 35.7 Å². The summed E-state index contributed by atoms with van der Waals surface area (Å²) in [6, 6.07) is 5.07. The summed E-state index contributed by atoms with van der Waals surface area (Å²) in [4.78, 5) is 8.01. The first kappa shape index (κ1) is 19.7. The summed E-state index contributed by atoms with van der Waals surface area (Å²) in [6.45, 7) is 2.16. The average Bonchev–Trinajstić information content (AvgIpc) is 3.10. The van der Waals surface area contributed by atoms with E-state index in [4.69, 9.17) is 4.74 Å². The second-order valence-electron chi connectivity index (χ2n) is 7.48. The Bertz CT molecular complexity index is 900. The summed E-state index contributed by atoms with van der Waals surface area (Å²) < 4.78 is 41.7. The molecule has 0 amide bonds. The molecule has 1 heterocycles. The summed E-state index contributed by atoms with van der Waals surface area (Å²) in [6.07, 6.45) is 8.61. The Balaban J connectivity index is 1.62. The number of nitrogens with zero attached hydrogens (tertiary/aromatic N) is 2. The quantitative estimate of drug-likeness (QED) is 0.692. The van der Waals surface area contributed by atoms with E-state index in [0.29, 0.717) is 17.8 Å². The van der Waals surface area contributed by atoms with Crippen LogP contribution in [0.5, 0.6) is 5.75 Å². The molecule has 1 fully saturated rings. The molecule has 0 bridgehead atoms. The monoisotopic (exact) mass is 392 g/mol. The van der Waals surface area contributed by atoms with Crippen molar-refractivity contribution in [3.05, 3.63) is 47.5 Å². The Morgan fingerprint density at radius 3 is 2.59 bits per heavy atom. The number of benzene rings is 1. The Hall–Kier alpha value is -2.02. The molecule has 3 rings (SSSR count). The van der Waals surface area contributed by atoms with E-state index in [2.05, 4.69) is 16.9 Å². The van der Waals surface area contributed by atoms with Crippen LogP contribution in [0.1, 0.15) is 55.6 Å². The van der Waals surface area contributed by atoms with Crippen molar-refractivity contribution in [3.8, 4) is 5.75 Å². The molecule has 1 aromatic carbocycles. The molecule has 0 N–H and O–H groups in total. The maximum Gasteiger partial charge on any atom is 0.246 e. The molecular formula is C20H25FN2O3S. The van der Waals surface area contributed by atoms with Crippen molar-refractivity contribution in [2.24, 2.45) is 5.92 Å². The lowest BCUT2D eigenvalue weighted by Gasteiger charge is -2.18. The molecule has 1 aliphatic rings. The smallest absolute Gasteiger partial charge is 0.246 e. The van der Waals surface area contributed by atoms with Crippen molar-refractivity contribution in [1.82, 2.24) is 9.97 Å². The largest absolute Gasteiger partial charge is 0.494 e. The second kappa shape index (κ2) is 7.92. The van der Waals surface area contributed by atoms with Crippen LogP contribution in [-0.4, -0.2) is 31.8 Å². The maximum atomic E-state index is 13.6. The predicted molar refractivity (Wildman–Crippen MR) is 101 cm³/mol. The molecule has 0 unspecified atom stereocenters. The molecule has 0 spiro atoms. The minimum Gasteiger partial charge on any atom is -0.494 e. The van der Waals surface area contributed by atoms with Gasteiger partial charge in [0.15, 0.2) is 11.6 Å². The highest BCUT2D eigenvalue weighted by Crippen LogP contribution is 2.42. The SMILES string of the molecule is COc1cc([C@@H](C)C[C@H]2CC[C@@H](c3cnc(S(C)(=O)=O)nc3)C2)ccc1F. The molecule has 2 aromatic rings. The van der Waals surface area contributed by atoms with E-state index in [1.807, 2.05) is 6.07 Å². The predicted octanol–water partition coefficient (Wildman–Crippen LogP) is 4.11. The van der Waals surface area contributed by atoms with Crippen LogP contribution >= 0.6 is 0 Å². The molecule has 7 heteroatoms. The normalized spacial score (nSPS) is 21.2. The summed E-state index contributed by atoms with van der Waals surface area (Å²) in [7, 11) is -1.89. The number of rotatable bonds is 6. The first-order valence-electron chi connectivity index (χ1n) is 9.13. The summed E-state index contributed by atoms with van der Waals surface area (Å²) in [5, 5.41) is -0.125. The molecule has 0 saturated heterocycles. The van der Waals surface area contributed by atoms with E-state index < -0.39 is 9.84 Å². The number of ether oxygens (including phenoxy) is 1. The summed E-state index contributed by atoms with van der Waals surface area (Å²) >= 11 is 0. The molecule has 1 aliphatic carbocycles. The van der Waals surface area contributed by atoms with Crippen molar-refractivity contribution < 1.29 is 17.5 Å². The average molecular weight is 392 g/mol. The highest BCUT2D eigenvalue weighted by molar-refractivity contribution is 7.90. The topological polar surface area (TPSA) is 69.2 Å². The van der Waals surface area contributed by atoms with E-state index in [-0.39, 0.29) is 16.7 Å². The van der Waals surface area contributed by atoms with Gasteiger partial charge in [-0.25, -0.2) is 22.8 Å². The Morgan fingerprint density at radius 1 is 1.26 bits per heavy atom. The molecule has 0 radical (unpaired) electrons. The van der Waals surface area contributed by atoms with Gasteiger partial charge >= 0.3 is 0 Å². The zero-order valence-corrected chi connectivity index (χ0v) is 16.7. The lowest BCUT2D eigenvalue weighted by Crippen LogP contribution is -2.06. The van der Waals surface area contributed by atoms with E-state index >= 15 is 0 Å². The minimum absolute atomic E-state index is 0.125. The zero-order valence-electron chi connectivity index (χ0n) is 15.9. The van der Waals surface area contributed by atoms with Crippen molar-refractivity contribution in [3.63, 3.8) is 0 Å². The van der Waals surface area contributed by atoms with Gasteiger partial charge in [-0.1, -0.05) is 13.0 Å². The van der Waals surface area contributed by atoms with Gasteiger partial charge in [0.2, 0.25) is 15.0 Å². The molecule has 146 valence electrons. The van der Waals surface area contributed by atoms with Crippen LogP contribution in [0, 0.1) is 11.7 Å². The molecule has 1 saturated carbocycles. The van der Waals surface area contributed by atoms with Gasteiger partial charge in [-0.2, -0.15) is 0 Å². The van der Waals surface area contributed by atoms with E-state index in [1.165, 1.54) is 13.2 Å². The number of sulfone groups is 1. The number of methoxy groups -OCH3 is 1. The highest BCUT2D eigenvalue weighted by Gasteiger charge is 2.28. The van der Waals surface area contributed by atoms with Crippen LogP contribution in [0.2, 0.25) is 0 Å². The van der Waals surface area contributed by atoms with Crippen molar-refractivity contribution in [2.75, 3.05) is 13.4 Å². The Kier molecular flexibility index (Phi) is 5.79. The van der Waals surface area contributed by atoms with Gasteiger partial charge in [0.05, 0.1) is 7.11 Å². The summed E-state index contributed by atoms with van der Waals surface area (Å²) in [5.41, 5.74) is 2.08. The second-order valence-corrected chi connectivity index (χ2v) is 9.39. The van der Waals surface area contributed by atoms with E-state index in [1.54, 1.807) is 18.5 Å². The lowest BCUT2D eigenvalue weighted by molar-refractivity contribution is 0.384. The van der Waals surface area contributed by atoms with Crippen LogP contribution in [-0.2, 0) is 9.84 Å². The maximum absolute atomic E-state index is 13.6. The van der Waals surface area contributed by atoms with Crippen molar-refractivity contribution >= 4 is 9.84 Å². The van der Waals surface area contributed by atoms with Crippen LogP contribution in [0.25, 0.3) is 0 Å². The fourth-order valence-corrected chi connectivity index (χ4v) is 4.43. The van der Waals surface area contributed by atoms with Gasteiger partial charge in [0, 0.05) is 18.6 Å². The Morgan fingerprint density at radius 2 is 1.96 bits per heavy atom. The standard InChI is InChI=1S/C20H25FN2O3S/c1-13(15-6-7-18(21)19(10-15)26-2)8-14-4-5-16(9-14)17-11-22-20(23-12-17)27(3,24)25/h6-7,10-14,16H,4-5,8-9H2,1-3H3/t13-,14+,16+/m0/s1. The van der Waals surface area contributed by atoms with Gasteiger partial charge in [0.25, 0.3) is 0 Å². The number of aromatic nitrogens is 2. The van der Waals surface area contributed by atoms with Gasteiger partial charge in [-0.05, 0) is 66.7 Å². The van der Waals surface area contributed by atoms with E-state index in [9.17, 15) is 12.8 Å². The number of hydrogen-bond acceptors (Lipinski definition) is 5. The van der Waals surface area contributed by atoms with Crippen molar-refractivity contribution in [1.29, 1.82) is 0 Å². The molecule has 0 aliphatic heterocycles. The molecule has 27 heavy (non-hydrogen) atoms. The van der Waals surface area contributed by atoms with Crippen LogP contribution < -0.4 is 4.74 Å². The highest BCUT2D eigenvalue weighted by atomic mass is 32.2. The van der Waals surface area contributed by atoms with Crippen LogP contribution in [0.4, 0.5) is 4.39 Å². The summed E-state index contributed by atoms with van der Waals surface area (Å²) in [5.74, 6) is 1.18. The Labute approximate surface area is 159 Å². The third kappa shape index (κ3) is 4.64.